The number of carboxylic acid groups (broad SMARTS) is 1. The van der Waals surface area contributed by atoms with Gasteiger partial charge in [0, 0.05) is 24.7 Å². The summed E-state index contributed by atoms with van der Waals surface area (Å²) < 4.78 is 18.4. The Hall–Kier alpha value is -2.37. The summed E-state index contributed by atoms with van der Waals surface area (Å²) in [5.74, 6) is -1.92. The van der Waals surface area contributed by atoms with E-state index >= 15 is 0 Å². The van der Waals surface area contributed by atoms with Gasteiger partial charge in [0.2, 0.25) is 5.91 Å². The number of hydrogen-bond donors (Lipinski definition) is 1. The second-order valence-corrected chi connectivity index (χ2v) is 4.69. The van der Waals surface area contributed by atoms with Crippen LogP contribution in [0.15, 0.2) is 29.3 Å². The van der Waals surface area contributed by atoms with Crippen LogP contribution in [0.4, 0.5) is 4.39 Å². The van der Waals surface area contributed by atoms with Gasteiger partial charge in [-0.3, -0.25) is 4.79 Å². The number of carboxylic acids is 1. The third kappa shape index (κ3) is 4.05. The van der Waals surface area contributed by atoms with Gasteiger partial charge in [0.15, 0.2) is 11.6 Å². The lowest BCUT2D eigenvalue weighted by Crippen LogP contribution is -2.28. The number of methoxy groups -OCH3 is 1. The van der Waals surface area contributed by atoms with Crippen molar-refractivity contribution in [2.75, 3.05) is 14.2 Å². The maximum Gasteiger partial charge on any atom is 0.331 e. The van der Waals surface area contributed by atoms with Crippen LogP contribution in [0.3, 0.4) is 0 Å². The molecule has 6 heteroatoms. The minimum atomic E-state index is -1.13. The lowest BCUT2D eigenvalue weighted by molar-refractivity contribution is -0.133. The van der Waals surface area contributed by atoms with Gasteiger partial charge < -0.3 is 14.7 Å². The number of likely N-dealkylation sites (N-methyl/N-ethyl adjacent to an activating group) is 1. The number of aliphatic carboxylic acids is 1. The Labute approximate surface area is 122 Å². The Morgan fingerprint density at radius 2 is 1.90 bits per heavy atom. The van der Waals surface area contributed by atoms with Crippen molar-refractivity contribution in [2.45, 2.75) is 20.4 Å². The van der Waals surface area contributed by atoms with Crippen molar-refractivity contribution in [3.8, 4) is 5.75 Å². The van der Waals surface area contributed by atoms with Crippen LogP contribution in [0.25, 0.3) is 0 Å². The maximum atomic E-state index is 13.6. The van der Waals surface area contributed by atoms with E-state index in [0.717, 1.165) is 0 Å². The van der Waals surface area contributed by atoms with E-state index in [4.69, 9.17) is 9.84 Å². The number of rotatable bonds is 5. The van der Waals surface area contributed by atoms with Gasteiger partial charge in [-0.05, 0) is 31.5 Å². The number of halogens is 1. The minimum absolute atomic E-state index is 0.00670. The van der Waals surface area contributed by atoms with Gasteiger partial charge in [-0.25, -0.2) is 9.18 Å². The fourth-order valence-corrected chi connectivity index (χ4v) is 1.76. The Morgan fingerprint density at radius 3 is 2.38 bits per heavy atom. The van der Waals surface area contributed by atoms with Crippen molar-refractivity contribution in [3.63, 3.8) is 0 Å². The van der Waals surface area contributed by atoms with Gasteiger partial charge in [0.25, 0.3) is 0 Å². The van der Waals surface area contributed by atoms with Crippen LogP contribution in [0, 0.1) is 5.82 Å². The van der Waals surface area contributed by atoms with E-state index in [-0.39, 0.29) is 23.4 Å². The zero-order valence-corrected chi connectivity index (χ0v) is 12.4. The van der Waals surface area contributed by atoms with Crippen molar-refractivity contribution < 1.29 is 23.8 Å². The first-order valence-corrected chi connectivity index (χ1v) is 6.26. The largest absolute Gasteiger partial charge is 0.494 e. The average Bonchev–Trinajstić information content (AvgIpc) is 2.44. The van der Waals surface area contributed by atoms with E-state index in [2.05, 4.69) is 0 Å². The number of hydrogen-bond acceptors (Lipinski definition) is 3. The Morgan fingerprint density at radius 1 is 1.29 bits per heavy atom. The predicted octanol–water partition coefficient (Wildman–Crippen LogP) is 2.21. The van der Waals surface area contributed by atoms with Gasteiger partial charge in [0.05, 0.1) is 7.11 Å². The summed E-state index contributed by atoms with van der Waals surface area (Å²) in [5, 5.41) is 8.87. The van der Waals surface area contributed by atoms with Gasteiger partial charge in [-0.1, -0.05) is 6.07 Å². The minimum Gasteiger partial charge on any atom is -0.494 e. The third-order valence-corrected chi connectivity index (χ3v) is 3.19. The molecule has 0 aromatic heterocycles. The first-order chi connectivity index (χ1) is 9.77. The highest BCUT2D eigenvalue weighted by molar-refractivity contribution is 6.01. The van der Waals surface area contributed by atoms with Crippen LogP contribution in [0.1, 0.15) is 19.4 Å². The van der Waals surface area contributed by atoms with Crippen molar-refractivity contribution >= 4 is 11.9 Å². The van der Waals surface area contributed by atoms with Gasteiger partial charge in [-0.2, -0.15) is 0 Å². The molecule has 1 aromatic rings. The standard InChI is InChI=1S/C15H18FNO4/c1-9(10(2)15(19)20)14(18)17(3)8-11-5-6-13(21-4)12(16)7-11/h5-7H,8H2,1-4H3,(H,19,20). The molecule has 1 amide bonds. The first kappa shape index (κ1) is 16.7. The molecule has 0 spiro atoms. The van der Waals surface area contributed by atoms with Gasteiger partial charge >= 0.3 is 5.97 Å². The summed E-state index contributed by atoms with van der Waals surface area (Å²) in [7, 11) is 2.90. The monoisotopic (exact) mass is 295 g/mol. The summed E-state index contributed by atoms with van der Waals surface area (Å²) in [5.41, 5.74) is 0.733. The highest BCUT2D eigenvalue weighted by atomic mass is 19.1. The normalized spacial score (nSPS) is 11.7. The van der Waals surface area contributed by atoms with Crippen molar-refractivity contribution in [1.82, 2.24) is 4.90 Å². The molecule has 1 N–H and O–H groups in total. The number of benzene rings is 1. The predicted molar refractivity (Wildman–Crippen MR) is 75.4 cm³/mol. The topological polar surface area (TPSA) is 66.8 Å². The third-order valence-electron chi connectivity index (χ3n) is 3.19. The second kappa shape index (κ2) is 6.88. The SMILES string of the molecule is COc1ccc(CN(C)C(=O)C(C)=C(C)C(=O)O)cc1F. The molecule has 0 unspecified atom stereocenters. The summed E-state index contributed by atoms with van der Waals surface area (Å²) in [6, 6.07) is 4.41. The summed E-state index contributed by atoms with van der Waals surface area (Å²) in [4.78, 5) is 24.3. The molecule has 21 heavy (non-hydrogen) atoms. The molecule has 0 heterocycles. The molecular weight excluding hydrogens is 277 g/mol. The lowest BCUT2D eigenvalue weighted by Gasteiger charge is -2.18. The van der Waals surface area contributed by atoms with Crippen LogP contribution in [-0.2, 0) is 16.1 Å². The number of amides is 1. The molecule has 0 atom stereocenters. The first-order valence-electron chi connectivity index (χ1n) is 6.26. The number of ether oxygens (including phenoxy) is 1. The van der Waals surface area contributed by atoms with Crippen LogP contribution < -0.4 is 4.74 Å². The van der Waals surface area contributed by atoms with Crippen molar-refractivity contribution in [1.29, 1.82) is 0 Å². The highest BCUT2D eigenvalue weighted by Gasteiger charge is 2.17. The lowest BCUT2D eigenvalue weighted by atomic mass is 10.1. The molecule has 0 saturated carbocycles. The molecule has 5 nitrogen and oxygen atoms in total. The second-order valence-electron chi connectivity index (χ2n) is 4.69. The molecular formula is C15H18FNO4. The number of nitrogens with zero attached hydrogens (tertiary/aromatic N) is 1. The number of carbonyl (C=O) groups excluding carboxylic acids is 1. The smallest absolute Gasteiger partial charge is 0.331 e. The molecule has 1 aromatic carbocycles. The van der Waals surface area contributed by atoms with E-state index in [1.54, 1.807) is 6.07 Å². The molecule has 0 bridgehead atoms. The quantitative estimate of drug-likeness (QED) is 0.846. The maximum absolute atomic E-state index is 13.6. The molecule has 0 saturated heterocycles. The molecule has 1 rings (SSSR count). The summed E-state index contributed by atoms with van der Waals surface area (Å²) in [6.07, 6.45) is 0. The molecule has 114 valence electrons. The van der Waals surface area contributed by atoms with E-state index in [1.165, 1.54) is 45.0 Å². The molecule has 0 radical (unpaired) electrons. The van der Waals surface area contributed by atoms with Gasteiger partial charge in [-0.15, -0.1) is 0 Å². The van der Waals surface area contributed by atoms with E-state index in [0.29, 0.717) is 5.56 Å². The Kier molecular flexibility index (Phi) is 5.46. The van der Waals surface area contributed by atoms with E-state index in [1.807, 2.05) is 0 Å². The van der Waals surface area contributed by atoms with Crippen LogP contribution in [0.2, 0.25) is 0 Å². The summed E-state index contributed by atoms with van der Waals surface area (Å²) >= 11 is 0. The Balaban J connectivity index is 2.89. The van der Waals surface area contributed by atoms with Crippen molar-refractivity contribution in [3.05, 3.63) is 40.7 Å². The van der Waals surface area contributed by atoms with Gasteiger partial charge in [0.1, 0.15) is 0 Å². The fourth-order valence-electron chi connectivity index (χ4n) is 1.76. The zero-order chi connectivity index (χ0) is 16.2. The van der Waals surface area contributed by atoms with Crippen molar-refractivity contribution in [2.24, 2.45) is 0 Å². The fraction of sp³-hybridized carbons (Fsp3) is 0.333. The molecule has 0 aliphatic carbocycles. The van der Waals surface area contributed by atoms with E-state index < -0.39 is 17.7 Å². The zero-order valence-electron chi connectivity index (χ0n) is 12.4. The highest BCUT2D eigenvalue weighted by Crippen LogP contribution is 2.19. The molecule has 0 aliphatic heterocycles. The molecule has 0 aliphatic rings. The molecule has 0 fully saturated rings. The Bertz CT molecular complexity index is 595. The van der Waals surface area contributed by atoms with E-state index in [9.17, 15) is 14.0 Å². The van der Waals surface area contributed by atoms with Crippen LogP contribution in [-0.4, -0.2) is 36.0 Å². The van der Waals surface area contributed by atoms with Crippen LogP contribution in [0.5, 0.6) is 5.75 Å². The number of carbonyl (C=O) groups is 2. The summed E-state index contributed by atoms with van der Waals surface area (Å²) in [6.45, 7) is 3.00. The van der Waals surface area contributed by atoms with Crippen LogP contribution >= 0.6 is 0 Å². The average molecular weight is 295 g/mol.